The molecule has 1 saturated heterocycles. The van der Waals surface area contributed by atoms with E-state index in [2.05, 4.69) is 10.3 Å². The molecule has 1 N–H and O–H groups in total. The van der Waals surface area contributed by atoms with Gasteiger partial charge in [0.1, 0.15) is 5.82 Å². The number of para-hydroxylation sites is 1. The monoisotopic (exact) mass is 383 g/mol. The largest absolute Gasteiger partial charge is 0.346 e. The molecule has 1 aliphatic rings. The van der Waals surface area contributed by atoms with Crippen LogP contribution in [0.2, 0.25) is 0 Å². The lowest BCUT2D eigenvalue weighted by Gasteiger charge is -2.23. The zero-order valence-corrected chi connectivity index (χ0v) is 16.1. The third kappa shape index (κ3) is 3.35. The highest BCUT2D eigenvalue weighted by Gasteiger charge is 2.39. The van der Waals surface area contributed by atoms with E-state index < -0.39 is 15.4 Å². The van der Waals surface area contributed by atoms with E-state index in [-0.39, 0.29) is 17.4 Å². The van der Waals surface area contributed by atoms with Crippen LogP contribution in [0.5, 0.6) is 0 Å². The topological polar surface area (TPSA) is 81.1 Å². The van der Waals surface area contributed by atoms with Gasteiger partial charge in [-0.2, -0.15) is 0 Å². The fourth-order valence-corrected chi connectivity index (χ4v) is 5.79. The third-order valence-electron chi connectivity index (χ3n) is 5.02. The van der Waals surface area contributed by atoms with E-state index in [1.54, 1.807) is 19.1 Å². The summed E-state index contributed by atoms with van der Waals surface area (Å²) in [5.41, 5.74) is 2.42. The summed E-state index contributed by atoms with van der Waals surface area (Å²) in [4.78, 5) is 17.3. The van der Waals surface area contributed by atoms with Crippen molar-refractivity contribution in [1.29, 1.82) is 0 Å². The van der Waals surface area contributed by atoms with Gasteiger partial charge in [-0.25, -0.2) is 13.4 Å². The summed E-state index contributed by atoms with van der Waals surface area (Å²) in [6.07, 6.45) is 0.436. The molecule has 1 atom stereocenters. The van der Waals surface area contributed by atoms with Crippen molar-refractivity contribution in [3.8, 4) is 5.69 Å². The Kier molecular flexibility index (Phi) is 4.07. The lowest BCUT2D eigenvalue weighted by Crippen LogP contribution is -2.46. The highest BCUT2D eigenvalue weighted by atomic mass is 32.2. The average Bonchev–Trinajstić information content (AvgIpc) is 3.09. The van der Waals surface area contributed by atoms with Gasteiger partial charge in [0.15, 0.2) is 9.84 Å². The molecule has 7 heteroatoms. The van der Waals surface area contributed by atoms with Crippen LogP contribution in [0.1, 0.15) is 29.5 Å². The molecule has 1 aromatic heterocycles. The van der Waals surface area contributed by atoms with Crippen LogP contribution in [-0.4, -0.2) is 40.9 Å². The zero-order valence-electron chi connectivity index (χ0n) is 15.3. The molecular formula is C20H21N3O3S. The van der Waals surface area contributed by atoms with Crippen molar-refractivity contribution in [2.75, 3.05) is 11.5 Å². The molecule has 1 aliphatic heterocycles. The Morgan fingerprint density at radius 2 is 1.93 bits per heavy atom. The minimum absolute atomic E-state index is 0.0181. The van der Waals surface area contributed by atoms with Crippen molar-refractivity contribution in [2.45, 2.75) is 25.8 Å². The standard InChI is InChI=1S/C20H21N3O3S/c1-14-21-17-12-15(19(24)22-20(2)10-11-27(25,26)13-20)8-9-18(17)23(14)16-6-4-3-5-7-16/h3-9,12H,10-11,13H2,1-2H3,(H,22,24). The minimum atomic E-state index is -3.08. The number of amides is 1. The van der Waals surface area contributed by atoms with Crippen LogP contribution < -0.4 is 5.32 Å². The number of fused-ring (bicyclic) bond motifs is 1. The van der Waals surface area contributed by atoms with E-state index in [4.69, 9.17) is 0 Å². The van der Waals surface area contributed by atoms with Gasteiger partial charge < -0.3 is 5.32 Å². The van der Waals surface area contributed by atoms with Crippen molar-refractivity contribution < 1.29 is 13.2 Å². The van der Waals surface area contributed by atoms with Gasteiger partial charge in [-0.3, -0.25) is 9.36 Å². The molecule has 6 nitrogen and oxygen atoms in total. The Labute approximate surface area is 158 Å². The van der Waals surface area contributed by atoms with Gasteiger partial charge in [-0.05, 0) is 50.6 Å². The first-order chi connectivity index (χ1) is 12.8. The molecule has 0 spiro atoms. The van der Waals surface area contributed by atoms with Crippen LogP contribution in [0.15, 0.2) is 48.5 Å². The fraction of sp³-hybridized carbons (Fsp3) is 0.300. The van der Waals surface area contributed by atoms with Crippen molar-refractivity contribution in [1.82, 2.24) is 14.9 Å². The molecule has 0 radical (unpaired) electrons. The average molecular weight is 383 g/mol. The first-order valence-electron chi connectivity index (χ1n) is 8.84. The van der Waals surface area contributed by atoms with Crippen LogP contribution >= 0.6 is 0 Å². The summed E-state index contributed by atoms with van der Waals surface area (Å²) < 4.78 is 25.5. The number of aryl methyl sites for hydroxylation is 1. The number of imidazole rings is 1. The molecule has 0 saturated carbocycles. The molecule has 2 aromatic carbocycles. The number of carbonyl (C=O) groups excluding carboxylic acids is 1. The second-order valence-corrected chi connectivity index (χ2v) is 9.57. The van der Waals surface area contributed by atoms with Crippen molar-refractivity contribution >= 4 is 26.8 Å². The Morgan fingerprint density at radius 1 is 1.19 bits per heavy atom. The van der Waals surface area contributed by atoms with E-state index in [1.165, 1.54) is 0 Å². The maximum atomic E-state index is 12.7. The first-order valence-corrected chi connectivity index (χ1v) is 10.7. The van der Waals surface area contributed by atoms with Gasteiger partial charge in [-0.15, -0.1) is 0 Å². The normalized spacial score (nSPS) is 21.4. The van der Waals surface area contributed by atoms with Gasteiger partial charge in [0.05, 0.1) is 28.1 Å². The highest BCUT2D eigenvalue weighted by Crippen LogP contribution is 2.25. The summed E-state index contributed by atoms with van der Waals surface area (Å²) in [7, 11) is -3.08. The molecule has 3 aromatic rings. The summed E-state index contributed by atoms with van der Waals surface area (Å²) in [6, 6.07) is 15.3. The van der Waals surface area contributed by atoms with Crippen molar-refractivity contribution in [2.24, 2.45) is 0 Å². The zero-order chi connectivity index (χ0) is 19.2. The molecular weight excluding hydrogens is 362 g/mol. The van der Waals surface area contributed by atoms with E-state index in [9.17, 15) is 13.2 Å². The van der Waals surface area contributed by atoms with E-state index in [0.29, 0.717) is 12.0 Å². The second-order valence-electron chi connectivity index (χ2n) is 7.39. The summed E-state index contributed by atoms with van der Waals surface area (Å²) in [5, 5.41) is 2.89. The number of benzene rings is 2. The minimum Gasteiger partial charge on any atom is -0.346 e. The molecule has 4 rings (SSSR count). The molecule has 0 bridgehead atoms. The molecule has 27 heavy (non-hydrogen) atoms. The van der Waals surface area contributed by atoms with Crippen molar-refractivity contribution in [3.63, 3.8) is 0 Å². The number of sulfone groups is 1. The van der Waals surface area contributed by atoms with Crippen LogP contribution in [0.25, 0.3) is 16.7 Å². The van der Waals surface area contributed by atoms with Gasteiger partial charge in [0.2, 0.25) is 0 Å². The third-order valence-corrected chi connectivity index (χ3v) is 6.92. The number of hydrogen-bond acceptors (Lipinski definition) is 4. The van der Waals surface area contributed by atoms with E-state index in [1.807, 2.05) is 47.9 Å². The van der Waals surface area contributed by atoms with Crippen LogP contribution in [0.4, 0.5) is 0 Å². The smallest absolute Gasteiger partial charge is 0.251 e. The van der Waals surface area contributed by atoms with Gasteiger partial charge in [0, 0.05) is 11.3 Å². The number of rotatable bonds is 3. The Morgan fingerprint density at radius 3 is 2.59 bits per heavy atom. The predicted molar refractivity (Wildman–Crippen MR) is 105 cm³/mol. The summed E-state index contributed by atoms with van der Waals surface area (Å²) in [6.45, 7) is 3.71. The van der Waals surface area contributed by atoms with Crippen molar-refractivity contribution in [3.05, 3.63) is 59.9 Å². The number of aromatic nitrogens is 2. The number of hydrogen-bond donors (Lipinski definition) is 1. The molecule has 140 valence electrons. The maximum Gasteiger partial charge on any atom is 0.251 e. The number of carbonyl (C=O) groups is 1. The Balaban J connectivity index is 1.66. The Hall–Kier alpha value is -2.67. The number of nitrogens with one attached hydrogen (secondary N) is 1. The van der Waals surface area contributed by atoms with Crippen LogP contribution in [0.3, 0.4) is 0 Å². The fourth-order valence-electron chi connectivity index (χ4n) is 3.70. The van der Waals surface area contributed by atoms with Crippen LogP contribution in [0, 0.1) is 6.92 Å². The van der Waals surface area contributed by atoms with Gasteiger partial charge in [0.25, 0.3) is 5.91 Å². The van der Waals surface area contributed by atoms with E-state index in [0.717, 1.165) is 22.5 Å². The summed E-state index contributed by atoms with van der Waals surface area (Å²) >= 11 is 0. The SMILES string of the molecule is Cc1nc2cc(C(=O)NC3(C)CCS(=O)(=O)C3)ccc2n1-c1ccccc1. The number of nitrogens with zero attached hydrogens (tertiary/aromatic N) is 2. The molecule has 2 heterocycles. The molecule has 1 fully saturated rings. The summed E-state index contributed by atoms with van der Waals surface area (Å²) in [5.74, 6) is 0.658. The second kappa shape index (κ2) is 6.20. The Bertz CT molecular complexity index is 1140. The lowest BCUT2D eigenvalue weighted by molar-refractivity contribution is 0.0915. The van der Waals surface area contributed by atoms with Gasteiger partial charge >= 0.3 is 0 Å². The predicted octanol–water partition coefficient (Wildman–Crippen LogP) is 2.64. The lowest BCUT2D eigenvalue weighted by atomic mass is 10.0. The highest BCUT2D eigenvalue weighted by molar-refractivity contribution is 7.91. The van der Waals surface area contributed by atoms with E-state index >= 15 is 0 Å². The maximum absolute atomic E-state index is 12.7. The molecule has 1 amide bonds. The molecule has 0 aliphatic carbocycles. The van der Waals surface area contributed by atoms with Gasteiger partial charge in [-0.1, -0.05) is 18.2 Å². The van der Waals surface area contributed by atoms with Crippen LogP contribution in [-0.2, 0) is 9.84 Å². The quantitative estimate of drug-likeness (QED) is 0.754. The molecule has 1 unspecified atom stereocenters. The first kappa shape index (κ1) is 17.7.